The molecule has 0 aliphatic carbocycles. The second kappa shape index (κ2) is 10.5. The number of aromatic nitrogens is 2. The molecular weight excluding hydrogens is 661 g/mol. The summed E-state index contributed by atoms with van der Waals surface area (Å²) in [7, 11) is 0. The molecule has 7 heteroatoms. The summed E-state index contributed by atoms with van der Waals surface area (Å²) in [6, 6.07) is 50.6. The average molecular weight is 685 g/mol. The summed E-state index contributed by atoms with van der Waals surface area (Å²) >= 11 is 1.80. The maximum atomic E-state index is 13.9. The predicted molar refractivity (Wildman–Crippen MR) is 210 cm³/mol. The Kier molecular flexibility index (Phi) is 5.81. The molecule has 0 saturated carbocycles. The van der Waals surface area contributed by atoms with E-state index < -0.39 is 0 Å². The maximum absolute atomic E-state index is 13.9. The van der Waals surface area contributed by atoms with Crippen LogP contribution in [0.15, 0.2) is 146 Å². The lowest BCUT2D eigenvalue weighted by Crippen LogP contribution is -2.30. The van der Waals surface area contributed by atoms with Crippen molar-refractivity contribution < 1.29 is 9.59 Å². The molecule has 0 atom stereocenters. The Labute approximate surface area is 300 Å². The summed E-state index contributed by atoms with van der Waals surface area (Å²) in [5, 5.41) is 16.8. The number of anilines is 1. The highest BCUT2D eigenvalue weighted by atomic mass is 32.1. The highest BCUT2D eigenvalue weighted by Gasteiger charge is 2.38. The fraction of sp³-hybridized carbons (Fsp3) is 0. The molecular formula is C45H24N4O2S. The summed E-state index contributed by atoms with van der Waals surface area (Å²) < 4.78 is 6.97. The van der Waals surface area contributed by atoms with Crippen LogP contribution < -0.4 is 4.90 Å². The van der Waals surface area contributed by atoms with Crippen molar-refractivity contribution in [3.8, 4) is 17.4 Å². The summed E-state index contributed by atoms with van der Waals surface area (Å²) in [6.45, 7) is 0. The Balaban J connectivity index is 1.27. The van der Waals surface area contributed by atoms with Gasteiger partial charge in [-0.2, -0.15) is 5.26 Å². The van der Waals surface area contributed by atoms with Gasteiger partial charge in [0, 0.05) is 47.4 Å². The van der Waals surface area contributed by atoms with Crippen LogP contribution in [0.4, 0.5) is 5.69 Å². The fourth-order valence-electron chi connectivity index (χ4n) is 8.26. The van der Waals surface area contributed by atoms with E-state index in [4.69, 9.17) is 0 Å². The highest BCUT2D eigenvalue weighted by molar-refractivity contribution is 7.25. The molecule has 0 saturated heterocycles. The number of thiophene rings is 1. The predicted octanol–water partition coefficient (Wildman–Crippen LogP) is 10.9. The highest BCUT2D eigenvalue weighted by Crippen LogP contribution is 2.45. The Morgan fingerprint density at radius 1 is 0.500 bits per heavy atom. The zero-order valence-corrected chi connectivity index (χ0v) is 28.2. The van der Waals surface area contributed by atoms with Crippen molar-refractivity contribution in [1.29, 1.82) is 5.26 Å². The lowest BCUT2D eigenvalue weighted by Gasteiger charge is -2.21. The van der Waals surface area contributed by atoms with Crippen molar-refractivity contribution in [3.63, 3.8) is 0 Å². The van der Waals surface area contributed by atoms with E-state index in [-0.39, 0.29) is 11.8 Å². The van der Waals surface area contributed by atoms with Crippen LogP contribution in [-0.2, 0) is 0 Å². The van der Waals surface area contributed by atoms with E-state index in [0.29, 0.717) is 28.1 Å². The van der Waals surface area contributed by atoms with Crippen molar-refractivity contribution in [3.05, 3.63) is 162 Å². The smallest absolute Gasteiger partial charge is 0.266 e. The van der Waals surface area contributed by atoms with Crippen LogP contribution in [0.1, 0.15) is 26.3 Å². The molecule has 52 heavy (non-hydrogen) atoms. The Morgan fingerprint density at radius 2 is 1.15 bits per heavy atom. The monoisotopic (exact) mass is 684 g/mol. The van der Waals surface area contributed by atoms with Gasteiger partial charge in [0.15, 0.2) is 0 Å². The maximum Gasteiger partial charge on any atom is 0.266 e. The van der Waals surface area contributed by atoms with Gasteiger partial charge >= 0.3 is 0 Å². The molecule has 242 valence electrons. The van der Waals surface area contributed by atoms with Crippen molar-refractivity contribution in [2.75, 3.05) is 4.90 Å². The Bertz CT molecular complexity index is 3230. The standard InChI is InChI=1S/C45H24N4O2S/c46-25-26-17-20-37(49-44(50)31-11-1-2-12-32(31)45(49)51)39(23-26)48-35-14-6-3-9-28(35)30-19-21-38-42(43(30)48)33-13-4-7-15-36(33)47(38)27-18-22-41-34(24-27)29-10-5-8-16-40(29)52-41/h1-24H. The number of nitrogens with zero attached hydrogens (tertiary/aromatic N) is 4. The fourth-order valence-corrected chi connectivity index (χ4v) is 9.35. The first kappa shape index (κ1) is 28.8. The minimum atomic E-state index is -0.384. The van der Waals surface area contributed by atoms with Gasteiger partial charge in [0.05, 0.1) is 56.2 Å². The van der Waals surface area contributed by atoms with Crippen LogP contribution in [0.5, 0.6) is 0 Å². The molecule has 0 spiro atoms. The van der Waals surface area contributed by atoms with E-state index in [1.165, 1.54) is 25.1 Å². The topological polar surface area (TPSA) is 71.0 Å². The van der Waals surface area contributed by atoms with Crippen LogP contribution in [0.3, 0.4) is 0 Å². The third-order valence-electron chi connectivity index (χ3n) is 10.5. The van der Waals surface area contributed by atoms with Gasteiger partial charge in [-0.05, 0) is 72.8 Å². The zero-order valence-electron chi connectivity index (χ0n) is 27.4. The lowest BCUT2D eigenvalue weighted by atomic mass is 10.1. The first-order valence-electron chi connectivity index (χ1n) is 17.0. The number of rotatable bonds is 3. The minimum absolute atomic E-state index is 0.367. The molecule has 0 radical (unpaired) electrons. The van der Waals surface area contributed by atoms with Crippen LogP contribution in [0.25, 0.3) is 75.2 Å². The number of carbonyl (C=O) groups is 2. The molecule has 11 rings (SSSR count). The molecule has 6 nitrogen and oxygen atoms in total. The van der Waals surface area contributed by atoms with Crippen LogP contribution in [0.2, 0.25) is 0 Å². The van der Waals surface area contributed by atoms with Crippen molar-refractivity contribution in [2.24, 2.45) is 0 Å². The number of amides is 2. The summed E-state index contributed by atoms with van der Waals surface area (Å²) in [5.41, 5.74) is 7.14. The number of hydrogen-bond donors (Lipinski definition) is 0. The van der Waals surface area contributed by atoms with Crippen molar-refractivity contribution in [2.45, 2.75) is 0 Å². The van der Waals surface area contributed by atoms with E-state index in [9.17, 15) is 14.9 Å². The molecule has 3 aromatic heterocycles. The molecule has 7 aromatic carbocycles. The number of fused-ring (bicyclic) bond motifs is 11. The van der Waals surface area contributed by atoms with Crippen LogP contribution in [-0.4, -0.2) is 20.9 Å². The lowest BCUT2D eigenvalue weighted by molar-refractivity contribution is 0.0926. The third kappa shape index (κ3) is 3.76. The summed E-state index contributed by atoms with van der Waals surface area (Å²) in [6.07, 6.45) is 0. The van der Waals surface area contributed by atoms with Crippen LogP contribution in [0, 0.1) is 11.3 Å². The van der Waals surface area contributed by atoms with E-state index in [2.05, 4.69) is 106 Å². The normalized spacial score (nSPS) is 13.0. The molecule has 10 aromatic rings. The largest absolute Gasteiger partial charge is 0.309 e. The van der Waals surface area contributed by atoms with Gasteiger partial charge in [0.25, 0.3) is 11.8 Å². The molecule has 2 amide bonds. The number of nitriles is 1. The number of para-hydroxylation sites is 2. The van der Waals surface area contributed by atoms with Gasteiger partial charge in [-0.3, -0.25) is 9.59 Å². The molecule has 0 unspecified atom stereocenters. The first-order valence-corrected chi connectivity index (χ1v) is 17.8. The average Bonchev–Trinajstić information content (AvgIpc) is 3.91. The van der Waals surface area contributed by atoms with Gasteiger partial charge in [-0.25, -0.2) is 4.90 Å². The number of imide groups is 1. The molecule has 0 bridgehead atoms. The van der Waals surface area contributed by atoms with Gasteiger partial charge in [-0.1, -0.05) is 72.8 Å². The Morgan fingerprint density at radius 3 is 1.92 bits per heavy atom. The number of benzene rings is 7. The van der Waals surface area contributed by atoms with E-state index in [0.717, 1.165) is 49.3 Å². The molecule has 0 fully saturated rings. The molecule has 4 heterocycles. The summed E-state index contributed by atoms with van der Waals surface area (Å²) in [5.74, 6) is -0.768. The molecule has 1 aliphatic heterocycles. The van der Waals surface area contributed by atoms with E-state index in [1.807, 2.05) is 12.1 Å². The Hall–Kier alpha value is -7.01. The third-order valence-corrected chi connectivity index (χ3v) is 11.6. The second-order valence-corrected chi connectivity index (χ2v) is 14.2. The quantitative estimate of drug-likeness (QED) is 0.174. The second-order valence-electron chi connectivity index (χ2n) is 13.1. The van der Waals surface area contributed by atoms with Gasteiger partial charge in [-0.15, -0.1) is 11.3 Å². The van der Waals surface area contributed by atoms with Crippen molar-refractivity contribution in [1.82, 2.24) is 9.13 Å². The minimum Gasteiger partial charge on any atom is -0.309 e. The summed E-state index contributed by atoms with van der Waals surface area (Å²) in [4.78, 5) is 29.1. The van der Waals surface area contributed by atoms with E-state index >= 15 is 0 Å². The number of carbonyl (C=O) groups excluding carboxylic acids is 2. The number of hydrogen-bond acceptors (Lipinski definition) is 4. The van der Waals surface area contributed by atoms with E-state index in [1.54, 1.807) is 53.8 Å². The molecule has 1 aliphatic rings. The van der Waals surface area contributed by atoms with Gasteiger partial charge < -0.3 is 9.13 Å². The van der Waals surface area contributed by atoms with Gasteiger partial charge in [0.2, 0.25) is 0 Å². The molecule has 0 N–H and O–H groups in total. The zero-order chi connectivity index (χ0) is 34.7. The SMILES string of the molecule is N#Cc1ccc(N2C(=O)c3ccccc3C2=O)c(-n2c3ccccc3c3ccc4c(c5ccccc5n4-c4ccc5sc6ccccc6c5c4)c32)c1. The van der Waals surface area contributed by atoms with Crippen molar-refractivity contribution >= 4 is 92.6 Å². The van der Waals surface area contributed by atoms with Gasteiger partial charge in [0.1, 0.15) is 0 Å². The van der Waals surface area contributed by atoms with Crippen LogP contribution >= 0.6 is 11.3 Å². The first-order chi connectivity index (χ1) is 25.6.